The summed E-state index contributed by atoms with van der Waals surface area (Å²) in [4.78, 5) is 2.03. The van der Waals surface area contributed by atoms with Crippen molar-refractivity contribution in [1.82, 2.24) is 10.2 Å². The maximum atomic E-state index is 3.90. The van der Waals surface area contributed by atoms with E-state index in [1.165, 1.54) is 0 Å². The number of nitrogens with one attached hydrogen (secondary N) is 1. The summed E-state index contributed by atoms with van der Waals surface area (Å²) in [6.45, 7) is 6.00. The SMILES string of the molecule is C=C(/C=C(/NC)N(C)C)CC. The molecule has 0 aromatic rings. The Morgan fingerprint density at radius 1 is 1.55 bits per heavy atom. The molecule has 0 fully saturated rings. The molecule has 0 spiro atoms. The van der Waals surface area contributed by atoms with Gasteiger partial charge in [-0.25, -0.2) is 0 Å². The Balaban J connectivity index is 4.23. The highest BCUT2D eigenvalue weighted by atomic mass is 15.2. The van der Waals surface area contributed by atoms with Crippen molar-refractivity contribution >= 4 is 0 Å². The fraction of sp³-hybridized carbons (Fsp3) is 0.556. The lowest BCUT2D eigenvalue weighted by Gasteiger charge is -2.16. The second-order valence-electron chi connectivity index (χ2n) is 2.69. The molecule has 2 nitrogen and oxygen atoms in total. The van der Waals surface area contributed by atoms with Gasteiger partial charge in [-0.15, -0.1) is 0 Å². The van der Waals surface area contributed by atoms with Crippen LogP contribution in [0.2, 0.25) is 0 Å². The predicted molar refractivity (Wildman–Crippen MR) is 50.3 cm³/mol. The Hall–Kier alpha value is -0.920. The number of hydrogen-bond acceptors (Lipinski definition) is 2. The van der Waals surface area contributed by atoms with Crippen molar-refractivity contribution in [2.75, 3.05) is 21.1 Å². The number of hydrogen-bond donors (Lipinski definition) is 1. The van der Waals surface area contributed by atoms with Gasteiger partial charge in [-0.2, -0.15) is 0 Å². The minimum atomic E-state index is 0.999. The summed E-state index contributed by atoms with van der Waals surface area (Å²) in [5.74, 6) is 1.09. The summed E-state index contributed by atoms with van der Waals surface area (Å²) >= 11 is 0. The number of allylic oxidation sites excluding steroid dienone is 2. The molecule has 11 heavy (non-hydrogen) atoms. The Labute approximate surface area is 69.6 Å². The van der Waals surface area contributed by atoms with Crippen LogP contribution in [-0.2, 0) is 0 Å². The highest BCUT2D eigenvalue weighted by Crippen LogP contribution is 2.02. The van der Waals surface area contributed by atoms with Crippen LogP contribution in [0.25, 0.3) is 0 Å². The van der Waals surface area contributed by atoms with E-state index in [9.17, 15) is 0 Å². The van der Waals surface area contributed by atoms with Crippen LogP contribution in [0.3, 0.4) is 0 Å². The van der Waals surface area contributed by atoms with Crippen LogP contribution in [0.5, 0.6) is 0 Å². The minimum Gasteiger partial charge on any atom is -0.375 e. The molecule has 1 N–H and O–H groups in total. The third kappa shape index (κ3) is 3.71. The minimum absolute atomic E-state index is 0.999. The van der Waals surface area contributed by atoms with Crippen LogP contribution in [-0.4, -0.2) is 26.0 Å². The van der Waals surface area contributed by atoms with Gasteiger partial charge >= 0.3 is 0 Å². The van der Waals surface area contributed by atoms with Gasteiger partial charge in [0.25, 0.3) is 0 Å². The van der Waals surface area contributed by atoms with E-state index in [1.807, 2.05) is 26.0 Å². The van der Waals surface area contributed by atoms with Crippen molar-refractivity contribution in [1.29, 1.82) is 0 Å². The van der Waals surface area contributed by atoms with Gasteiger partial charge in [-0.05, 0) is 12.5 Å². The maximum absolute atomic E-state index is 3.90. The van der Waals surface area contributed by atoms with E-state index in [0.717, 1.165) is 17.8 Å². The zero-order valence-electron chi connectivity index (χ0n) is 7.94. The van der Waals surface area contributed by atoms with Crippen LogP contribution in [0.15, 0.2) is 24.0 Å². The predicted octanol–water partition coefficient (Wildman–Crippen LogP) is 1.57. The summed E-state index contributed by atoms with van der Waals surface area (Å²) < 4.78 is 0. The Morgan fingerprint density at radius 3 is 2.36 bits per heavy atom. The summed E-state index contributed by atoms with van der Waals surface area (Å²) in [5.41, 5.74) is 1.14. The van der Waals surface area contributed by atoms with Crippen LogP contribution in [0.1, 0.15) is 13.3 Å². The second kappa shape index (κ2) is 4.83. The molecule has 0 aromatic carbocycles. The van der Waals surface area contributed by atoms with Crippen molar-refractivity contribution in [3.8, 4) is 0 Å². The topological polar surface area (TPSA) is 15.3 Å². The highest BCUT2D eigenvalue weighted by molar-refractivity contribution is 5.18. The molecule has 0 aliphatic rings. The molecule has 0 aliphatic carbocycles. The molecule has 0 bridgehead atoms. The van der Waals surface area contributed by atoms with Gasteiger partial charge in [0.05, 0.1) is 0 Å². The summed E-state index contributed by atoms with van der Waals surface area (Å²) in [6, 6.07) is 0. The normalized spacial score (nSPS) is 11.1. The molecule has 0 saturated carbocycles. The molecule has 0 radical (unpaired) electrons. The Bertz CT molecular complexity index is 157. The van der Waals surface area contributed by atoms with Gasteiger partial charge in [0, 0.05) is 21.1 Å². The fourth-order valence-electron chi connectivity index (χ4n) is 0.720. The van der Waals surface area contributed by atoms with Crippen LogP contribution in [0.4, 0.5) is 0 Å². The first kappa shape index (κ1) is 10.1. The van der Waals surface area contributed by atoms with Crippen molar-refractivity contribution < 1.29 is 0 Å². The average molecular weight is 154 g/mol. The molecule has 0 aromatic heterocycles. The van der Waals surface area contributed by atoms with E-state index >= 15 is 0 Å². The van der Waals surface area contributed by atoms with E-state index in [2.05, 4.69) is 24.9 Å². The third-order valence-corrected chi connectivity index (χ3v) is 1.53. The van der Waals surface area contributed by atoms with E-state index < -0.39 is 0 Å². The zero-order valence-corrected chi connectivity index (χ0v) is 7.94. The van der Waals surface area contributed by atoms with E-state index in [4.69, 9.17) is 0 Å². The molecule has 64 valence electrons. The van der Waals surface area contributed by atoms with Crippen LogP contribution >= 0.6 is 0 Å². The smallest absolute Gasteiger partial charge is 0.101 e. The van der Waals surface area contributed by atoms with E-state index in [1.54, 1.807) is 0 Å². The Morgan fingerprint density at radius 2 is 2.09 bits per heavy atom. The lowest BCUT2D eigenvalue weighted by molar-refractivity contribution is 0.475. The third-order valence-electron chi connectivity index (χ3n) is 1.53. The van der Waals surface area contributed by atoms with Crippen molar-refractivity contribution in [3.05, 3.63) is 24.0 Å². The van der Waals surface area contributed by atoms with Gasteiger partial charge < -0.3 is 10.2 Å². The van der Waals surface area contributed by atoms with Gasteiger partial charge in [0.15, 0.2) is 0 Å². The molecule has 0 unspecified atom stereocenters. The first-order chi connectivity index (χ1) is 5.11. The van der Waals surface area contributed by atoms with Crippen LogP contribution in [0, 0.1) is 0 Å². The van der Waals surface area contributed by atoms with Gasteiger partial charge in [0.2, 0.25) is 0 Å². The van der Waals surface area contributed by atoms with Crippen molar-refractivity contribution in [2.24, 2.45) is 0 Å². The molecule has 0 heterocycles. The molecule has 2 heteroatoms. The van der Waals surface area contributed by atoms with Gasteiger partial charge in [-0.1, -0.05) is 19.1 Å². The first-order valence-corrected chi connectivity index (χ1v) is 3.86. The van der Waals surface area contributed by atoms with Crippen molar-refractivity contribution in [3.63, 3.8) is 0 Å². The molecule has 0 atom stereocenters. The quantitative estimate of drug-likeness (QED) is 0.618. The maximum Gasteiger partial charge on any atom is 0.101 e. The molecule has 0 aliphatic heterocycles. The molecule has 0 saturated heterocycles. The van der Waals surface area contributed by atoms with Gasteiger partial charge in [0.1, 0.15) is 5.82 Å². The molecular weight excluding hydrogens is 136 g/mol. The summed E-state index contributed by atoms with van der Waals surface area (Å²) in [6.07, 6.45) is 3.05. The molecule has 0 rings (SSSR count). The lowest BCUT2D eigenvalue weighted by atomic mass is 10.2. The van der Waals surface area contributed by atoms with Gasteiger partial charge in [-0.3, -0.25) is 0 Å². The van der Waals surface area contributed by atoms with E-state index in [0.29, 0.717) is 0 Å². The lowest BCUT2D eigenvalue weighted by Crippen LogP contribution is -2.22. The fourth-order valence-corrected chi connectivity index (χ4v) is 0.720. The van der Waals surface area contributed by atoms with E-state index in [-0.39, 0.29) is 0 Å². The Kier molecular flexibility index (Phi) is 4.42. The number of nitrogens with zero attached hydrogens (tertiary/aromatic N) is 1. The zero-order chi connectivity index (χ0) is 8.85. The second-order valence-corrected chi connectivity index (χ2v) is 2.69. The average Bonchev–Trinajstić information content (AvgIpc) is 1.99. The summed E-state index contributed by atoms with van der Waals surface area (Å²) in [7, 11) is 5.92. The largest absolute Gasteiger partial charge is 0.375 e. The first-order valence-electron chi connectivity index (χ1n) is 3.86. The highest BCUT2D eigenvalue weighted by Gasteiger charge is 1.94. The molecular formula is C9H18N2. The standard InChI is InChI=1S/C9H18N2/c1-6-8(2)7-9(10-3)11(4)5/h7,10H,2,6H2,1,3-5H3/b9-7-. The van der Waals surface area contributed by atoms with Crippen LogP contribution < -0.4 is 5.32 Å². The van der Waals surface area contributed by atoms with Crippen molar-refractivity contribution in [2.45, 2.75) is 13.3 Å². The molecule has 0 amide bonds. The number of rotatable bonds is 4. The monoisotopic (exact) mass is 154 g/mol. The summed E-state index contributed by atoms with van der Waals surface area (Å²) in [5, 5.41) is 3.09.